The van der Waals surface area contributed by atoms with Crippen LogP contribution in [0, 0.1) is 17.6 Å². The van der Waals surface area contributed by atoms with E-state index in [0.717, 1.165) is 31.7 Å². The van der Waals surface area contributed by atoms with E-state index in [-0.39, 0.29) is 6.61 Å². The number of hydrogen-bond donors (Lipinski definition) is 1. The highest BCUT2D eigenvalue weighted by Gasteiger charge is 2.23. The molecular weight excluding hydrogens is 248 g/mol. The van der Waals surface area contributed by atoms with Crippen molar-refractivity contribution in [1.82, 2.24) is 4.90 Å². The first-order valence-corrected chi connectivity index (χ1v) is 6.85. The van der Waals surface area contributed by atoms with Gasteiger partial charge >= 0.3 is 0 Å². The standard InChI is InChI=1S/C15H21F2NO/c1-18(14-6-2-11(10-19)3-7-14)9-12-4-5-13(16)8-15(12)17/h4-5,8,11,14,19H,2-3,6-7,9-10H2,1H3. The van der Waals surface area contributed by atoms with Gasteiger partial charge in [0.25, 0.3) is 0 Å². The first kappa shape index (κ1) is 14.4. The van der Waals surface area contributed by atoms with Crippen molar-refractivity contribution in [3.05, 3.63) is 35.4 Å². The molecule has 1 aliphatic carbocycles. The Labute approximate surface area is 113 Å². The second-order valence-corrected chi connectivity index (χ2v) is 5.51. The molecule has 0 saturated heterocycles. The highest BCUT2D eigenvalue weighted by molar-refractivity contribution is 5.18. The van der Waals surface area contributed by atoms with Crippen LogP contribution in [0.25, 0.3) is 0 Å². The second-order valence-electron chi connectivity index (χ2n) is 5.51. The molecule has 1 aromatic rings. The van der Waals surface area contributed by atoms with Gasteiger partial charge in [0.1, 0.15) is 11.6 Å². The molecule has 0 amide bonds. The molecule has 2 rings (SSSR count). The molecular formula is C15H21F2NO. The first-order valence-electron chi connectivity index (χ1n) is 6.85. The van der Waals surface area contributed by atoms with Crippen LogP contribution in [0.3, 0.4) is 0 Å². The molecule has 2 nitrogen and oxygen atoms in total. The topological polar surface area (TPSA) is 23.5 Å². The Balaban J connectivity index is 1.92. The van der Waals surface area contributed by atoms with Crippen LogP contribution >= 0.6 is 0 Å². The lowest BCUT2D eigenvalue weighted by molar-refractivity contribution is 0.123. The van der Waals surface area contributed by atoms with Crippen molar-refractivity contribution >= 4 is 0 Å². The highest BCUT2D eigenvalue weighted by atomic mass is 19.1. The van der Waals surface area contributed by atoms with Gasteiger partial charge in [-0.25, -0.2) is 8.78 Å². The number of rotatable bonds is 4. The molecule has 19 heavy (non-hydrogen) atoms. The van der Waals surface area contributed by atoms with Crippen molar-refractivity contribution < 1.29 is 13.9 Å². The van der Waals surface area contributed by atoms with Crippen LogP contribution in [0.4, 0.5) is 8.78 Å². The van der Waals surface area contributed by atoms with Crippen LogP contribution < -0.4 is 0 Å². The van der Waals surface area contributed by atoms with Crippen molar-refractivity contribution in [2.24, 2.45) is 5.92 Å². The molecule has 1 fully saturated rings. The van der Waals surface area contributed by atoms with Crippen LogP contribution in [0.5, 0.6) is 0 Å². The number of aliphatic hydroxyl groups is 1. The summed E-state index contributed by atoms with van der Waals surface area (Å²) in [7, 11) is 1.98. The number of aliphatic hydroxyl groups excluding tert-OH is 1. The fraction of sp³-hybridized carbons (Fsp3) is 0.600. The summed E-state index contributed by atoms with van der Waals surface area (Å²) in [5.74, 6) is -0.588. The van der Waals surface area contributed by atoms with Gasteiger partial charge in [-0.3, -0.25) is 4.90 Å². The summed E-state index contributed by atoms with van der Waals surface area (Å²) in [6, 6.07) is 4.17. The van der Waals surface area contributed by atoms with E-state index in [0.29, 0.717) is 24.1 Å². The molecule has 0 bridgehead atoms. The third-order valence-electron chi connectivity index (χ3n) is 4.13. The van der Waals surface area contributed by atoms with Crippen LogP contribution in [0.2, 0.25) is 0 Å². The average Bonchev–Trinajstić information content (AvgIpc) is 2.42. The predicted octanol–water partition coefficient (Wildman–Crippen LogP) is 2.95. The summed E-state index contributed by atoms with van der Waals surface area (Å²) in [5.41, 5.74) is 0.535. The molecule has 0 unspecified atom stereocenters. The Bertz CT molecular complexity index is 417. The quantitative estimate of drug-likeness (QED) is 0.908. The maximum atomic E-state index is 13.6. The third kappa shape index (κ3) is 3.74. The fourth-order valence-corrected chi connectivity index (χ4v) is 2.82. The van der Waals surface area contributed by atoms with Gasteiger partial charge in [0, 0.05) is 30.8 Å². The number of hydrogen-bond acceptors (Lipinski definition) is 2. The molecule has 0 aliphatic heterocycles. The number of benzene rings is 1. The number of nitrogens with zero attached hydrogens (tertiary/aromatic N) is 1. The van der Waals surface area contributed by atoms with Gasteiger partial charge in [0.05, 0.1) is 0 Å². The summed E-state index contributed by atoms with van der Waals surface area (Å²) < 4.78 is 26.4. The van der Waals surface area contributed by atoms with Crippen molar-refractivity contribution in [2.45, 2.75) is 38.3 Å². The summed E-state index contributed by atoms with van der Waals surface area (Å²) in [6.45, 7) is 0.767. The SMILES string of the molecule is CN(Cc1ccc(F)cc1F)C1CCC(CO)CC1. The Morgan fingerprint density at radius 2 is 1.89 bits per heavy atom. The Morgan fingerprint density at radius 1 is 1.21 bits per heavy atom. The van der Waals surface area contributed by atoms with Gasteiger partial charge in [0.15, 0.2) is 0 Å². The monoisotopic (exact) mass is 269 g/mol. The zero-order valence-corrected chi connectivity index (χ0v) is 11.3. The third-order valence-corrected chi connectivity index (χ3v) is 4.13. The Hall–Kier alpha value is -1.00. The van der Waals surface area contributed by atoms with Crippen molar-refractivity contribution in [1.29, 1.82) is 0 Å². The van der Waals surface area contributed by atoms with Crippen LogP contribution in [-0.4, -0.2) is 29.7 Å². The van der Waals surface area contributed by atoms with E-state index < -0.39 is 11.6 Å². The van der Waals surface area contributed by atoms with E-state index in [2.05, 4.69) is 4.90 Å². The molecule has 106 valence electrons. The molecule has 0 radical (unpaired) electrons. The van der Waals surface area contributed by atoms with E-state index in [1.54, 1.807) is 0 Å². The lowest BCUT2D eigenvalue weighted by atomic mass is 9.86. The van der Waals surface area contributed by atoms with E-state index in [1.165, 1.54) is 12.1 Å². The lowest BCUT2D eigenvalue weighted by Crippen LogP contribution is -2.35. The predicted molar refractivity (Wildman–Crippen MR) is 70.7 cm³/mol. The van der Waals surface area contributed by atoms with Crippen LogP contribution in [-0.2, 0) is 6.54 Å². The second kappa shape index (κ2) is 6.44. The van der Waals surface area contributed by atoms with Crippen molar-refractivity contribution in [3.8, 4) is 0 Å². The zero-order chi connectivity index (χ0) is 13.8. The average molecular weight is 269 g/mol. The molecule has 4 heteroatoms. The minimum absolute atomic E-state index is 0.267. The van der Waals surface area contributed by atoms with Gasteiger partial charge in [-0.05, 0) is 44.7 Å². The molecule has 0 heterocycles. The summed E-state index contributed by atoms with van der Waals surface area (Å²) in [6.07, 6.45) is 4.11. The maximum Gasteiger partial charge on any atom is 0.130 e. The summed E-state index contributed by atoms with van der Waals surface area (Å²) in [4.78, 5) is 2.13. The van der Waals surface area contributed by atoms with Gasteiger partial charge in [-0.2, -0.15) is 0 Å². The maximum absolute atomic E-state index is 13.6. The molecule has 0 atom stereocenters. The molecule has 0 aromatic heterocycles. The smallest absolute Gasteiger partial charge is 0.130 e. The van der Waals surface area contributed by atoms with Gasteiger partial charge < -0.3 is 5.11 Å². The van der Waals surface area contributed by atoms with Crippen molar-refractivity contribution in [2.75, 3.05) is 13.7 Å². The van der Waals surface area contributed by atoms with Gasteiger partial charge in [-0.15, -0.1) is 0 Å². The van der Waals surface area contributed by atoms with Gasteiger partial charge in [-0.1, -0.05) is 6.07 Å². The van der Waals surface area contributed by atoms with Crippen LogP contribution in [0.1, 0.15) is 31.2 Å². The molecule has 0 spiro atoms. The minimum Gasteiger partial charge on any atom is -0.396 e. The normalized spacial score (nSPS) is 23.8. The largest absolute Gasteiger partial charge is 0.396 e. The van der Waals surface area contributed by atoms with E-state index in [9.17, 15) is 8.78 Å². The van der Waals surface area contributed by atoms with E-state index in [4.69, 9.17) is 5.11 Å². The Morgan fingerprint density at radius 3 is 2.47 bits per heavy atom. The summed E-state index contributed by atoms with van der Waals surface area (Å²) >= 11 is 0. The lowest BCUT2D eigenvalue weighted by Gasteiger charge is -2.34. The fourth-order valence-electron chi connectivity index (χ4n) is 2.82. The van der Waals surface area contributed by atoms with E-state index >= 15 is 0 Å². The molecule has 1 saturated carbocycles. The number of halogens is 2. The zero-order valence-electron chi connectivity index (χ0n) is 11.3. The van der Waals surface area contributed by atoms with Crippen LogP contribution in [0.15, 0.2) is 18.2 Å². The molecule has 1 aromatic carbocycles. The van der Waals surface area contributed by atoms with Gasteiger partial charge in [0.2, 0.25) is 0 Å². The molecule has 1 aliphatic rings. The van der Waals surface area contributed by atoms with E-state index in [1.807, 2.05) is 7.05 Å². The molecule has 1 N–H and O–H groups in total. The minimum atomic E-state index is -0.535. The Kier molecular flexibility index (Phi) is 4.88. The highest BCUT2D eigenvalue weighted by Crippen LogP contribution is 2.27. The first-order chi connectivity index (χ1) is 9.10. The van der Waals surface area contributed by atoms with Crippen molar-refractivity contribution in [3.63, 3.8) is 0 Å². The summed E-state index contributed by atoms with van der Waals surface area (Å²) in [5, 5.41) is 9.11.